The van der Waals surface area contributed by atoms with Gasteiger partial charge in [0.25, 0.3) is 0 Å². The van der Waals surface area contributed by atoms with Gasteiger partial charge in [0.1, 0.15) is 11.5 Å². The zero-order chi connectivity index (χ0) is 18.0. The molecule has 134 valence electrons. The first-order chi connectivity index (χ1) is 11.8. The number of piperazine rings is 1. The van der Waals surface area contributed by atoms with E-state index in [1.807, 2.05) is 5.01 Å². The molecule has 2 aromatic rings. The highest BCUT2D eigenvalue weighted by atomic mass is 35.5. The van der Waals surface area contributed by atoms with Gasteiger partial charge in [-0.3, -0.25) is 5.01 Å². The monoisotopic (exact) mass is 372 g/mol. The molecule has 1 aromatic carbocycles. The van der Waals surface area contributed by atoms with Gasteiger partial charge < -0.3 is 9.32 Å². The number of hydrogen-bond donors (Lipinski definition) is 1. The summed E-state index contributed by atoms with van der Waals surface area (Å²) in [5.41, 5.74) is -0.558. The number of halogens is 4. The number of hydrogen-bond acceptors (Lipinski definition) is 3. The van der Waals surface area contributed by atoms with Crippen LogP contribution in [0.5, 0.6) is 0 Å². The Hall–Kier alpha value is -1.99. The minimum absolute atomic E-state index is 0.202. The first-order valence-corrected chi connectivity index (χ1v) is 8.28. The Labute approximate surface area is 148 Å². The Morgan fingerprint density at radius 2 is 1.92 bits per heavy atom. The molecule has 0 aliphatic carbocycles. The molecule has 1 aliphatic heterocycles. The van der Waals surface area contributed by atoms with E-state index in [1.54, 1.807) is 18.3 Å². The van der Waals surface area contributed by atoms with Gasteiger partial charge in [-0.05, 0) is 30.3 Å². The summed E-state index contributed by atoms with van der Waals surface area (Å²) in [4.78, 5) is 1.46. The molecule has 0 atom stereocenters. The zero-order valence-corrected chi connectivity index (χ0v) is 14.4. The van der Waals surface area contributed by atoms with Crippen molar-refractivity contribution in [2.45, 2.75) is 6.18 Å². The van der Waals surface area contributed by atoms with Crippen LogP contribution in [-0.2, 0) is 6.18 Å². The maximum absolute atomic E-state index is 12.9. The molecule has 1 aromatic heterocycles. The number of hydrazone groups is 1. The van der Waals surface area contributed by atoms with Crippen molar-refractivity contribution < 1.29 is 22.5 Å². The van der Waals surface area contributed by atoms with Crippen LogP contribution in [0.15, 0.2) is 39.9 Å². The normalized spacial score (nSPS) is 16.8. The lowest BCUT2D eigenvalue weighted by atomic mass is 10.1. The van der Waals surface area contributed by atoms with Crippen molar-refractivity contribution >= 4 is 17.8 Å². The number of nitrogens with one attached hydrogen (secondary N) is 1. The van der Waals surface area contributed by atoms with Crippen molar-refractivity contribution in [3.8, 4) is 11.3 Å². The minimum atomic E-state index is -4.43. The van der Waals surface area contributed by atoms with E-state index in [0.29, 0.717) is 5.76 Å². The van der Waals surface area contributed by atoms with Crippen molar-refractivity contribution in [3.63, 3.8) is 0 Å². The molecule has 1 saturated heterocycles. The Balaban J connectivity index is 1.77. The lowest BCUT2D eigenvalue weighted by Crippen LogP contribution is -3.11. The van der Waals surface area contributed by atoms with Crippen LogP contribution in [0.2, 0.25) is 5.02 Å². The third kappa shape index (κ3) is 4.35. The average molecular weight is 373 g/mol. The summed E-state index contributed by atoms with van der Waals surface area (Å²) < 4.78 is 44.2. The van der Waals surface area contributed by atoms with Crippen LogP contribution in [0, 0.1) is 0 Å². The molecule has 0 radical (unpaired) electrons. The van der Waals surface area contributed by atoms with Gasteiger partial charge in [-0.25, -0.2) is 0 Å². The van der Waals surface area contributed by atoms with Gasteiger partial charge in [0.15, 0.2) is 0 Å². The molecular weight excluding hydrogens is 355 g/mol. The Morgan fingerprint density at radius 3 is 2.60 bits per heavy atom. The quantitative estimate of drug-likeness (QED) is 0.840. The molecule has 0 unspecified atom stereocenters. The molecule has 0 amide bonds. The molecule has 3 rings (SSSR count). The molecular formula is C17H18ClF3N3O+. The maximum atomic E-state index is 12.9. The summed E-state index contributed by atoms with van der Waals surface area (Å²) in [6.07, 6.45) is -2.86. The van der Waals surface area contributed by atoms with Crippen molar-refractivity contribution in [1.82, 2.24) is 5.01 Å². The Morgan fingerprint density at radius 1 is 1.20 bits per heavy atom. The van der Waals surface area contributed by atoms with Crippen molar-refractivity contribution in [3.05, 3.63) is 46.7 Å². The Kier molecular flexibility index (Phi) is 5.06. The predicted octanol–water partition coefficient (Wildman–Crippen LogP) is 2.78. The number of alkyl halides is 3. The second-order valence-corrected chi connectivity index (χ2v) is 6.46. The van der Waals surface area contributed by atoms with Crippen LogP contribution in [0.4, 0.5) is 13.2 Å². The first kappa shape index (κ1) is 17.8. The molecule has 1 fully saturated rings. The highest BCUT2D eigenvalue weighted by molar-refractivity contribution is 6.33. The number of quaternary nitrogens is 1. The van der Waals surface area contributed by atoms with E-state index in [-0.39, 0.29) is 16.3 Å². The SMILES string of the molecule is C[NH+]1CCN(/N=C\c2ccc(-c3cc(C(F)(F)F)ccc3Cl)o2)CC1. The summed E-state index contributed by atoms with van der Waals surface area (Å²) in [6, 6.07) is 6.42. The van der Waals surface area contributed by atoms with Crippen molar-refractivity contribution in [2.75, 3.05) is 33.2 Å². The average Bonchev–Trinajstić information content (AvgIpc) is 3.02. The fourth-order valence-electron chi connectivity index (χ4n) is 2.59. The summed E-state index contributed by atoms with van der Waals surface area (Å²) in [7, 11) is 2.14. The largest absolute Gasteiger partial charge is 0.455 e. The van der Waals surface area contributed by atoms with E-state index >= 15 is 0 Å². The van der Waals surface area contributed by atoms with E-state index in [4.69, 9.17) is 16.0 Å². The van der Waals surface area contributed by atoms with Crippen molar-refractivity contribution in [1.29, 1.82) is 0 Å². The van der Waals surface area contributed by atoms with Crippen LogP contribution >= 0.6 is 11.6 Å². The van der Waals surface area contributed by atoms with Gasteiger partial charge in [0, 0.05) is 5.56 Å². The minimum Gasteiger partial charge on any atom is -0.455 e. The highest BCUT2D eigenvalue weighted by Crippen LogP contribution is 2.36. The van der Waals surface area contributed by atoms with Crippen LogP contribution < -0.4 is 4.90 Å². The topological polar surface area (TPSA) is 33.2 Å². The highest BCUT2D eigenvalue weighted by Gasteiger charge is 2.31. The fourth-order valence-corrected chi connectivity index (χ4v) is 2.80. The Bertz CT molecular complexity index is 765. The molecule has 8 heteroatoms. The number of benzene rings is 1. The number of nitrogens with zero attached hydrogens (tertiary/aromatic N) is 2. The van der Waals surface area contributed by atoms with Crippen LogP contribution in [0.25, 0.3) is 11.3 Å². The molecule has 1 N–H and O–H groups in total. The molecule has 0 saturated carbocycles. The number of rotatable bonds is 3. The van der Waals surface area contributed by atoms with Gasteiger partial charge in [-0.1, -0.05) is 11.6 Å². The summed E-state index contributed by atoms with van der Waals surface area (Å²) in [5.74, 6) is 0.745. The van der Waals surface area contributed by atoms with E-state index in [1.165, 1.54) is 11.0 Å². The summed E-state index contributed by atoms with van der Waals surface area (Å²) in [5, 5.41) is 6.51. The second-order valence-electron chi connectivity index (χ2n) is 6.05. The number of likely N-dealkylation sites (N-methyl/N-ethyl adjacent to an activating group) is 1. The molecule has 0 bridgehead atoms. The smallest absolute Gasteiger partial charge is 0.416 e. The summed E-state index contributed by atoms with van der Waals surface area (Å²) >= 11 is 6.03. The first-order valence-electron chi connectivity index (χ1n) is 7.90. The van der Waals surface area contributed by atoms with Gasteiger partial charge in [0.2, 0.25) is 0 Å². The van der Waals surface area contributed by atoms with Gasteiger partial charge >= 0.3 is 6.18 Å². The molecule has 0 spiro atoms. The molecule has 1 aliphatic rings. The van der Waals surface area contributed by atoms with E-state index < -0.39 is 11.7 Å². The van der Waals surface area contributed by atoms with Crippen LogP contribution in [-0.4, -0.2) is 44.5 Å². The van der Waals surface area contributed by atoms with E-state index in [9.17, 15) is 13.2 Å². The third-order valence-corrected chi connectivity index (χ3v) is 4.46. The van der Waals surface area contributed by atoms with Crippen molar-refractivity contribution in [2.24, 2.45) is 5.10 Å². The fraction of sp³-hybridized carbons (Fsp3) is 0.353. The van der Waals surface area contributed by atoms with Gasteiger partial charge in [-0.2, -0.15) is 18.3 Å². The van der Waals surface area contributed by atoms with E-state index in [2.05, 4.69) is 12.1 Å². The van der Waals surface area contributed by atoms with Gasteiger partial charge in [0.05, 0.1) is 50.0 Å². The lowest BCUT2D eigenvalue weighted by Gasteiger charge is -2.27. The summed E-state index contributed by atoms with van der Waals surface area (Å²) in [6.45, 7) is 3.74. The van der Waals surface area contributed by atoms with E-state index in [0.717, 1.165) is 38.3 Å². The molecule has 2 heterocycles. The predicted molar refractivity (Wildman–Crippen MR) is 89.9 cm³/mol. The number of furan rings is 1. The second kappa shape index (κ2) is 7.09. The maximum Gasteiger partial charge on any atom is 0.416 e. The molecule has 25 heavy (non-hydrogen) atoms. The van der Waals surface area contributed by atoms with Crippen LogP contribution in [0.3, 0.4) is 0 Å². The third-order valence-electron chi connectivity index (χ3n) is 4.13. The van der Waals surface area contributed by atoms with Crippen LogP contribution in [0.1, 0.15) is 11.3 Å². The lowest BCUT2D eigenvalue weighted by molar-refractivity contribution is -0.884. The zero-order valence-electron chi connectivity index (χ0n) is 13.6. The standard InChI is InChI=1S/C17H17ClF3N3O/c1-23-6-8-24(9-7-23)22-11-13-3-5-16(25-13)14-10-12(17(19,20)21)2-4-15(14)18/h2-5,10-11H,6-9H2,1H3/p+1/b22-11-. The molecule has 4 nitrogen and oxygen atoms in total. The van der Waals surface area contributed by atoms with Gasteiger partial charge in [-0.15, -0.1) is 0 Å².